The van der Waals surface area contributed by atoms with E-state index < -0.39 is 48.2 Å². The number of hydrogen-bond donors (Lipinski definition) is 5. The van der Waals surface area contributed by atoms with E-state index in [1.165, 1.54) is 0 Å². The lowest BCUT2D eigenvalue weighted by Crippen LogP contribution is -2.64. The Kier molecular flexibility index (Phi) is 10.5. The minimum atomic E-state index is -2.05. The molecule has 1 rings (SSSR count). The third-order valence-corrected chi connectivity index (χ3v) is 5.50. The fraction of sp³-hybridized carbons (Fsp3) is 0.857. The van der Waals surface area contributed by atoms with Gasteiger partial charge in [-0.25, -0.2) is 10.1 Å². The number of esters is 1. The van der Waals surface area contributed by atoms with Gasteiger partial charge in [-0.3, -0.25) is 0 Å². The molecule has 0 bridgehead atoms. The highest BCUT2D eigenvalue weighted by molar-refractivity contribution is 5.90. The number of unbranched alkanes of at least 4 members (excludes halogenated alkanes) is 3. The number of cyclic esters (lactones) is 1. The van der Waals surface area contributed by atoms with E-state index in [-0.39, 0.29) is 31.1 Å². The Labute approximate surface area is 178 Å². The Bertz CT molecular complexity index is 577. The highest BCUT2D eigenvalue weighted by atomic mass is 17.1. The number of carbonyl (C=O) groups is 1. The highest BCUT2D eigenvalue weighted by Gasteiger charge is 2.66. The minimum absolute atomic E-state index is 0.00664. The van der Waals surface area contributed by atoms with E-state index in [0.717, 1.165) is 19.3 Å². The number of aliphatic hydroxyl groups excluding tert-OH is 3. The molecule has 176 valence electrons. The summed E-state index contributed by atoms with van der Waals surface area (Å²) in [6.07, 6.45) is 0.224. The summed E-state index contributed by atoms with van der Waals surface area (Å²) in [6, 6.07) is 0. The molecule has 9 nitrogen and oxygen atoms in total. The van der Waals surface area contributed by atoms with Gasteiger partial charge in [0.1, 0.15) is 5.60 Å². The molecule has 9 heteroatoms. The van der Waals surface area contributed by atoms with Gasteiger partial charge in [-0.05, 0) is 25.7 Å². The summed E-state index contributed by atoms with van der Waals surface area (Å²) < 4.78 is 11.1. The summed E-state index contributed by atoms with van der Waals surface area (Å²) in [6.45, 7) is 6.79. The summed E-state index contributed by atoms with van der Waals surface area (Å²) in [5, 5.41) is 51.9. The van der Waals surface area contributed by atoms with E-state index >= 15 is 0 Å². The smallest absolute Gasteiger partial charge is 0.382 e. The Hall–Kier alpha value is -1.39. The molecule has 0 aromatic rings. The molecule has 1 heterocycles. The molecule has 2 unspecified atom stereocenters. The summed E-state index contributed by atoms with van der Waals surface area (Å²) in [4.78, 5) is 16.7. The molecule has 0 saturated carbocycles. The maximum atomic E-state index is 12.5. The fourth-order valence-corrected chi connectivity index (χ4v) is 4.03. The average molecular weight is 435 g/mol. The largest absolute Gasteiger partial charge is 0.490 e. The number of ether oxygens (including phenoxy) is 2. The zero-order chi connectivity index (χ0) is 22.9. The van der Waals surface area contributed by atoms with Crippen molar-refractivity contribution in [2.75, 3.05) is 13.2 Å². The van der Waals surface area contributed by atoms with Gasteiger partial charge < -0.3 is 34.8 Å². The average Bonchev–Trinajstić information content (AvgIpc) is 2.96. The van der Waals surface area contributed by atoms with Crippen molar-refractivity contribution >= 4 is 5.97 Å². The van der Waals surface area contributed by atoms with Gasteiger partial charge in [0.15, 0.2) is 5.76 Å². The van der Waals surface area contributed by atoms with Crippen LogP contribution in [0.3, 0.4) is 0 Å². The number of hydrogen-bond acceptors (Lipinski definition) is 9. The standard InChI is InChI=1S/C21H38O9/c1-5-7-8-9-10-20(26,16(24)11-14(3)4)21(12-15(23)13-22)18(28-6-2)17(30-27)19(25)29-21/h14-16,22-24,26-27H,5-13H2,1-4H3/t15?,16?,20-,21-/m0/s1. The Balaban J connectivity index is 3.59. The van der Waals surface area contributed by atoms with Crippen LogP contribution in [0.2, 0.25) is 0 Å². The molecule has 0 saturated heterocycles. The number of rotatable bonds is 15. The third kappa shape index (κ3) is 5.64. The number of carbonyl (C=O) groups excluding carboxylic acids is 1. The molecule has 4 atom stereocenters. The van der Waals surface area contributed by atoms with Crippen LogP contribution in [0.25, 0.3) is 0 Å². The fourth-order valence-electron chi connectivity index (χ4n) is 4.03. The van der Waals surface area contributed by atoms with Crippen LogP contribution in [0.4, 0.5) is 0 Å². The van der Waals surface area contributed by atoms with E-state index in [1.807, 2.05) is 20.8 Å². The molecular formula is C21H38O9. The molecule has 5 N–H and O–H groups in total. The van der Waals surface area contributed by atoms with Gasteiger partial charge in [-0.15, -0.1) is 0 Å². The van der Waals surface area contributed by atoms with Crippen LogP contribution < -0.4 is 0 Å². The second-order valence-electron chi connectivity index (χ2n) is 8.32. The van der Waals surface area contributed by atoms with Crippen molar-refractivity contribution in [3.05, 3.63) is 11.5 Å². The topological polar surface area (TPSA) is 146 Å². The van der Waals surface area contributed by atoms with Gasteiger partial charge >= 0.3 is 5.97 Å². The van der Waals surface area contributed by atoms with Crippen LogP contribution in [0.5, 0.6) is 0 Å². The van der Waals surface area contributed by atoms with E-state index in [2.05, 4.69) is 4.89 Å². The first-order valence-electron chi connectivity index (χ1n) is 10.7. The molecule has 0 aromatic heterocycles. The second kappa shape index (κ2) is 11.9. The number of aliphatic hydroxyl groups is 4. The Morgan fingerprint density at radius 1 is 1.17 bits per heavy atom. The van der Waals surface area contributed by atoms with E-state index in [9.17, 15) is 30.5 Å². The predicted octanol–water partition coefficient (Wildman–Crippen LogP) is 1.87. The lowest BCUT2D eigenvalue weighted by Gasteiger charge is -2.47. The van der Waals surface area contributed by atoms with Crippen LogP contribution in [0.15, 0.2) is 11.5 Å². The molecule has 0 radical (unpaired) electrons. The van der Waals surface area contributed by atoms with Crippen molar-refractivity contribution in [3.63, 3.8) is 0 Å². The van der Waals surface area contributed by atoms with E-state index in [4.69, 9.17) is 9.47 Å². The minimum Gasteiger partial charge on any atom is -0.490 e. The zero-order valence-electron chi connectivity index (χ0n) is 18.5. The second-order valence-corrected chi connectivity index (χ2v) is 8.32. The summed E-state index contributed by atoms with van der Waals surface area (Å²) >= 11 is 0. The predicted molar refractivity (Wildman–Crippen MR) is 108 cm³/mol. The molecule has 1 aliphatic heterocycles. The molecular weight excluding hydrogens is 396 g/mol. The Morgan fingerprint density at radius 2 is 1.83 bits per heavy atom. The van der Waals surface area contributed by atoms with Crippen LogP contribution in [-0.2, 0) is 19.2 Å². The molecule has 1 aliphatic rings. The first kappa shape index (κ1) is 26.6. The lowest BCUT2D eigenvalue weighted by molar-refractivity contribution is -0.227. The van der Waals surface area contributed by atoms with Gasteiger partial charge in [0.05, 0.1) is 25.4 Å². The monoisotopic (exact) mass is 434 g/mol. The zero-order valence-corrected chi connectivity index (χ0v) is 18.5. The van der Waals surface area contributed by atoms with Crippen molar-refractivity contribution in [1.29, 1.82) is 0 Å². The maximum absolute atomic E-state index is 12.5. The van der Waals surface area contributed by atoms with E-state index in [1.54, 1.807) is 6.92 Å². The summed E-state index contributed by atoms with van der Waals surface area (Å²) in [5.74, 6) is -2.03. The SMILES string of the molecule is CCCCCC[C@](O)(C(O)CC(C)C)[C@@]1(CC(O)CO)OC(=O)C(OO)=C1OCC. The molecule has 0 fully saturated rings. The molecule has 0 aliphatic carbocycles. The van der Waals surface area contributed by atoms with Gasteiger partial charge in [-0.1, -0.05) is 46.5 Å². The highest BCUT2D eigenvalue weighted by Crippen LogP contribution is 2.49. The van der Waals surface area contributed by atoms with Crippen molar-refractivity contribution in [2.45, 2.75) is 96.1 Å². The van der Waals surface area contributed by atoms with Crippen LogP contribution >= 0.6 is 0 Å². The summed E-state index contributed by atoms with van der Waals surface area (Å²) in [5.41, 5.74) is -4.09. The molecule has 0 amide bonds. The molecule has 30 heavy (non-hydrogen) atoms. The summed E-state index contributed by atoms with van der Waals surface area (Å²) in [7, 11) is 0. The lowest BCUT2D eigenvalue weighted by atomic mass is 9.69. The van der Waals surface area contributed by atoms with Crippen LogP contribution in [0, 0.1) is 5.92 Å². The van der Waals surface area contributed by atoms with Crippen LogP contribution in [-0.4, -0.2) is 68.3 Å². The van der Waals surface area contributed by atoms with Gasteiger partial charge in [-0.2, -0.15) is 0 Å². The van der Waals surface area contributed by atoms with Gasteiger partial charge in [0, 0.05) is 6.42 Å². The Morgan fingerprint density at radius 3 is 2.33 bits per heavy atom. The molecule has 0 aromatic carbocycles. The first-order chi connectivity index (χ1) is 14.1. The molecule has 0 spiro atoms. The van der Waals surface area contributed by atoms with Crippen molar-refractivity contribution < 1.29 is 44.8 Å². The van der Waals surface area contributed by atoms with Gasteiger partial charge in [0.2, 0.25) is 5.60 Å². The van der Waals surface area contributed by atoms with Crippen molar-refractivity contribution in [1.82, 2.24) is 0 Å². The van der Waals surface area contributed by atoms with Crippen LogP contribution in [0.1, 0.15) is 72.6 Å². The van der Waals surface area contributed by atoms with E-state index in [0.29, 0.717) is 6.42 Å². The quantitative estimate of drug-likeness (QED) is 0.113. The third-order valence-electron chi connectivity index (χ3n) is 5.50. The maximum Gasteiger partial charge on any atom is 0.382 e. The van der Waals surface area contributed by atoms with Crippen molar-refractivity contribution in [3.8, 4) is 0 Å². The normalized spacial score (nSPS) is 23.3. The van der Waals surface area contributed by atoms with Crippen molar-refractivity contribution in [2.24, 2.45) is 5.92 Å². The first-order valence-corrected chi connectivity index (χ1v) is 10.7. The van der Waals surface area contributed by atoms with Gasteiger partial charge in [0.25, 0.3) is 5.76 Å².